The number of carbonyl (C=O) groups excluding carboxylic acids is 1. The molecule has 0 atom stereocenters. The van der Waals surface area contributed by atoms with Crippen LogP contribution in [0.5, 0.6) is 0 Å². The standard InChI is InChI=1S/C22H16N4O2S3/c23-11-13-9-10-29-19(13)24-17(27)12-30-22-25-20-18(15-7-4-8-16(15)31-20)21(28)26(22)14-5-2-1-3-6-14/h1-3,5-6,9-10H,4,7-8,12H2,(H,24,27). The number of para-hydroxylation sites is 1. The topological polar surface area (TPSA) is 87.8 Å². The highest BCUT2D eigenvalue weighted by Gasteiger charge is 2.24. The molecule has 3 heterocycles. The molecule has 0 unspecified atom stereocenters. The summed E-state index contributed by atoms with van der Waals surface area (Å²) >= 11 is 4.12. The summed E-state index contributed by atoms with van der Waals surface area (Å²) in [4.78, 5) is 32.8. The number of benzene rings is 1. The Kier molecular flexibility index (Phi) is 5.36. The number of carbonyl (C=O) groups is 1. The van der Waals surface area contributed by atoms with Gasteiger partial charge in [-0.15, -0.1) is 22.7 Å². The number of hydrogen-bond donors (Lipinski definition) is 1. The molecule has 3 aromatic heterocycles. The molecule has 4 aromatic rings. The summed E-state index contributed by atoms with van der Waals surface area (Å²) in [5.41, 5.74) is 2.23. The van der Waals surface area contributed by atoms with E-state index in [1.807, 2.05) is 30.3 Å². The zero-order valence-electron chi connectivity index (χ0n) is 16.3. The molecule has 0 spiro atoms. The Hall–Kier alpha value is -2.93. The Balaban J connectivity index is 1.51. The second-order valence-electron chi connectivity index (χ2n) is 7.02. The molecule has 0 saturated heterocycles. The highest BCUT2D eigenvalue weighted by atomic mass is 32.2. The zero-order valence-corrected chi connectivity index (χ0v) is 18.7. The lowest BCUT2D eigenvalue weighted by Gasteiger charge is -2.12. The number of hydrogen-bond acceptors (Lipinski definition) is 7. The largest absolute Gasteiger partial charge is 0.316 e. The molecule has 0 aliphatic heterocycles. The van der Waals surface area contributed by atoms with Crippen LogP contribution in [-0.2, 0) is 17.6 Å². The van der Waals surface area contributed by atoms with Crippen molar-refractivity contribution in [3.05, 3.63) is 68.1 Å². The van der Waals surface area contributed by atoms with Gasteiger partial charge in [0.05, 0.1) is 22.4 Å². The Morgan fingerprint density at radius 1 is 1.26 bits per heavy atom. The van der Waals surface area contributed by atoms with Gasteiger partial charge in [-0.3, -0.25) is 14.2 Å². The van der Waals surface area contributed by atoms with Crippen molar-refractivity contribution in [3.63, 3.8) is 0 Å². The van der Waals surface area contributed by atoms with E-state index in [2.05, 4.69) is 11.4 Å². The number of anilines is 1. The van der Waals surface area contributed by atoms with Crippen LogP contribution in [-0.4, -0.2) is 21.2 Å². The summed E-state index contributed by atoms with van der Waals surface area (Å²) in [5.74, 6) is -0.162. The van der Waals surface area contributed by atoms with Gasteiger partial charge in [0.2, 0.25) is 5.91 Å². The van der Waals surface area contributed by atoms with Crippen LogP contribution >= 0.6 is 34.4 Å². The summed E-state index contributed by atoms with van der Waals surface area (Å²) in [6.07, 6.45) is 2.98. The fourth-order valence-electron chi connectivity index (χ4n) is 3.71. The molecule has 1 amide bonds. The second-order valence-corrected chi connectivity index (χ2v) is 9.96. The van der Waals surface area contributed by atoms with Gasteiger partial charge in [0.25, 0.3) is 5.56 Å². The van der Waals surface area contributed by atoms with Gasteiger partial charge in [0.1, 0.15) is 15.9 Å². The Labute approximate surface area is 190 Å². The smallest absolute Gasteiger partial charge is 0.267 e. The van der Waals surface area contributed by atoms with E-state index in [0.29, 0.717) is 21.1 Å². The first kappa shape index (κ1) is 20.0. The molecule has 154 valence electrons. The van der Waals surface area contributed by atoms with E-state index in [-0.39, 0.29) is 17.2 Å². The minimum Gasteiger partial charge on any atom is -0.316 e. The number of aromatic nitrogens is 2. The van der Waals surface area contributed by atoms with Crippen molar-refractivity contribution in [1.29, 1.82) is 5.26 Å². The minimum absolute atomic E-state index is 0.0801. The molecule has 0 radical (unpaired) electrons. The minimum atomic E-state index is -0.244. The molecule has 0 bridgehead atoms. The van der Waals surface area contributed by atoms with Crippen molar-refractivity contribution < 1.29 is 4.79 Å². The van der Waals surface area contributed by atoms with Gasteiger partial charge >= 0.3 is 0 Å². The van der Waals surface area contributed by atoms with Crippen LogP contribution in [0.2, 0.25) is 0 Å². The van der Waals surface area contributed by atoms with Gasteiger partial charge in [-0.25, -0.2) is 4.98 Å². The summed E-state index contributed by atoms with van der Waals surface area (Å²) in [6, 6.07) is 13.1. The first-order chi connectivity index (χ1) is 15.2. The lowest BCUT2D eigenvalue weighted by Crippen LogP contribution is -2.23. The number of amides is 1. The molecule has 5 rings (SSSR count). The Morgan fingerprint density at radius 3 is 2.90 bits per heavy atom. The SMILES string of the molecule is N#Cc1ccsc1NC(=O)CSc1nc2sc3c(c2c(=O)n1-c1ccccc1)CCC3. The number of nitriles is 1. The summed E-state index contributed by atoms with van der Waals surface area (Å²) in [6.45, 7) is 0. The molecule has 1 N–H and O–H groups in total. The number of thiophene rings is 2. The second kappa shape index (κ2) is 8.30. The molecule has 0 fully saturated rings. The van der Waals surface area contributed by atoms with E-state index in [1.165, 1.54) is 28.0 Å². The van der Waals surface area contributed by atoms with Crippen molar-refractivity contribution in [1.82, 2.24) is 9.55 Å². The Bertz CT molecular complexity index is 1400. The van der Waals surface area contributed by atoms with E-state index in [0.717, 1.165) is 35.3 Å². The van der Waals surface area contributed by atoms with Crippen molar-refractivity contribution in [2.45, 2.75) is 24.4 Å². The van der Waals surface area contributed by atoms with Crippen molar-refractivity contribution in [3.8, 4) is 11.8 Å². The van der Waals surface area contributed by atoms with Crippen LogP contribution in [0.3, 0.4) is 0 Å². The average molecular weight is 465 g/mol. The average Bonchev–Trinajstić information content (AvgIpc) is 3.48. The van der Waals surface area contributed by atoms with Crippen LogP contribution in [0.4, 0.5) is 5.00 Å². The number of fused-ring (bicyclic) bond motifs is 3. The summed E-state index contributed by atoms with van der Waals surface area (Å²) < 4.78 is 1.61. The number of nitrogens with zero attached hydrogens (tertiary/aromatic N) is 3. The van der Waals surface area contributed by atoms with Crippen LogP contribution in [0.15, 0.2) is 51.7 Å². The number of rotatable bonds is 5. The Morgan fingerprint density at radius 2 is 2.10 bits per heavy atom. The van der Waals surface area contributed by atoms with Crippen molar-refractivity contribution in [2.75, 3.05) is 11.1 Å². The molecule has 6 nitrogen and oxygen atoms in total. The van der Waals surface area contributed by atoms with Gasteiger partial charge in [-0.1, -0.05) is 30.0 Å². The lowest BCUT2D eigenvalue weighted by atomic mass is 10.2. The van der Waals surface area contributed by atoms with Gasteiger partial charge in [0, 0.05) is 4.88 Å². The molecular formula is C22H16N4O2S3. The van der Waals surface area contributed by atoms with Gasteiger partial charge < -0.3 is 5.32 Å². The van der Waals surface area contributed by atoms with Crippen LogP contribution in [0, 0.1) is 11.3 Å². The van der Waals surface area contributed by atoms with Gasteiger partial charge in [-0.2, -0.15) is 5.26 Å². The maximum absolute atomic E-state index is 13.5. The van der Waals surface area contributed by atoms with Crippen molar-refractivity contribution in [2.24, 2.45) is 0 Å². The van der Waals surface area contributed by atoms with Crippen LogP contribution in [0.25, 0.3) is 15.9 Å². The molecule has 1 aromatic carbocycles. The normalized spacial score (nSPS) is 12.6. The maximum Gasteiger partial charge on any atom is 0.267 e. The highest BCUT2D eigenvalue weighted by Crippen LogP contribution is 2.36. The van der Waals surface area contributed by atoms with E-state index in [1.54, 1.807) is 27.4 Å². The third-order valence-corrected chi connectivity index (χ3v) is 8.05. The lowest BCUT2D eigenvalue weighted by molar-refractivity contribution is -0.113. The third kappa shape index (κ3) is 3.67. The highest BCUT2D eigenvalue weighted by molar-refractivity contribution is 7.99. The van der Waals surface area contributed by atoms with Crippen LogP contribution in [0.1, 0.15) is 22.4 Å². The fourth-order valence-corrected chi connectivity index (χ4v) is 6.58. The molecule has 1 aliphatic carbocycles. The van der Waals surface area contributed by atoms with Crippen molar-refractivity contribution >= 4 is 55.6 Å². The van der Waals surface area contributed by atoms with E-state index in [9.17, 15) is 9.59 Å². The number of thioether (sulfide) groups is 1. The third-order valence-electron chi connectivity index (χ3n) is 5.09. The number of aryl methyl sites for hydroxylation is 2. The summed E-state index contributed by atoms with van der Waals surface area (Å²) in [5, 5.41) is 15.4. The molecule has 1 aliphatic rings. The predicted molar refractivity (Wildman–Crippen MR) is 126 cm³/mol. The fraction of sp³-hybridized carbons (Fsp3) is 0.182. The molecule has 9 heteroatoms. The first-order valence-corrected chi connectivity index (χ1v) is 12.4. The van der Waals surface area contributed by atoms with E-state index >= 15 is 0 Å². The van der Waals surface area contributed by atoms with Gasteiger partial charge in [0.15, 0.2) is 5.16 Å². The first-order valence-electron chi connectivity index (χ1n) is 9.68. The monoisotopic (exact) mass is 464 g/mol. The maximum atomic E-state index is 13.5. The molecule has 31 heavy (non-hydrogen) atoms. The van der Waals surface area contributed by atoms with E-state index < -0.39 is 0 Å². The predicted octanol–water partition coefficient (Wildman–Crippen LogP) is 4.60. The van der Waals surface area contributed by atoms with E-state index in [4.69, 9.17) is 10.2 Å². The van der Waals surface area contributed by atoms with Gasteiger partial charge in [-0.05, 0) is 48.4 Å². The molecule has 0 saturated carbocycles. The quantitative estimate of drug-likeness (QED) is 0.344. The zero-order chi connectivity index (χ0) is 21.4. The summed E-state index contributed by atoms with van der Waals surface area (Å²) in [7, 11) is 0. The number of nitrogens with one attached hydrogen (secondary N) is 1. The molecular weight excluding hydrogens is 448 g/mol. The van der Waals surface area contributed by atoms with Crippen LogP contribution < -0.4 is 10.9 Å².